The number of carbonyl (C=O) groups is 1. The van der Waals surface area contributed by atoms with E-state index in [1.165, 1.54) is 22.2 Å². The van der Waals surface area contributed by atoms with Crippen molar-refractivity contribution < 1.29 is 45.1 Å². The van der Waals surface area contributed by atoms with Crippen molar-refractivity contribution in [1.82, 2.24) is 0 Å². The number of unbranched alkanes of at least 4 members (excludes halogenated alkanes) is 2. The maximum absolute atomic E-state index is 12.9. The van der Waals surface area contributed by atoms with Gasteiger partial charge in [0.1, 0.15) is 6.54 Å². The van der Waals surface area contributed by atoms with Crippen LogP contribution < -0.4 is 26.4 Å². The number of halogens is 1. The molecule has 0 amide bonds. The van der Waals surface area contributed by atoms with Crippen molar-refractivity contribution in [2.24, 2.45) is 0 Å². The molecule has 42 heavy (non-hydrogen) atoms. The first kappa shape index (κ1) is 34.0. The summed E-state index contributed by atoms with van der Waals surface area (Å²) in [4.78, 5) is 13.2. The predicted octanol–water partition coefficient (Wildman–Crippen LogP) is 4.36. The largest absolute Gasteiger partial charge is 1.00 e. The molecule has 0 bridgehead atoms. The highest BCUT2D eigenvalue weighted by molar-refractivity contribution is 7.53. The molecule has 0 spiro atoms. The normalized spacial score (nSPS) is 13.3. The summed E-state index contributed by atoms with van der Waals surface area (Å²) in [5, 5.41) is 10.0. The number of hydrogen-bond acceptors (Lipinski definition) is 5. The number of carboxylic acid groups (broad SMARTS) is 1. The third-order valence-corrected chi connectivity index (χ3v) is 9.70. The average molecular weight is 660 g/mol. The molecule has 9 heteroatoms. The van der Waals surface area contributed by atoms with E-state index >= 15 is 0 Å². The summed E-state index contributed by atoms with van der Waals surface area (Å²) in [5.41, 5.74) is 6.19. The number of nitrogens with zero attached hydrogens (tertiary/aromatic N) is 2. The number of aliphatic carboxylic acids is 1. The van der Waals surface area contributed by atoms with E-state index in [0.717, 1.165) is 62.8 Å². The van der Waals surface area contributed by atoms with E-state index in [1.807, 2.05) is 13.8 Å². The third kappa shape index (κ3) is 9.50. The second-order valence-corrected chi connectivity index (χ2v) is 12.7. The lowest BCUT2D eigenvalue weighted by Crippen LogP contribution is -3.00. The van der Waals surface area contributed by atoms with Crippen molar-refractivity contribution >= 4 is 42.3 Å². The lowest BCUT2D eigenvalue weighted by atomic mass is 9.98. The van der Waals surface area contributed by atoms with Gasteiger partial charge in [-0.1, -0.05) is 36.8 Å². The van der Waals surface area contributed by atoms with Gasteiger partial charge in [0.05, 0.1) is 24.8 Å². The molecule has 0 saturated heterocycles. The average Bonchev–Trinajstić information content (AvgIpc) is 2.96. The van der Waals surface area contributed by atoms with Gasteiger partial charge < -0.3 is 36.0 Å². The van der Waals surface area contributed by atoms with Gasteiger partial charge >= 0.3 is 13.6 Å². The van der Waals surface area contributed by atoms with Crippen LogP contribution in [-0.2, 0) is 31.4 Å². The molecule has 0 fully saturated rings. The van der Waals surface area contributed by atoms with Gasteiger partial charge in [-0.15, -0.1) is 0 Å². The van der Waals surface area contributed by atoms with Crippen molar-refractivity contribution in [2.45, 2.75) is 65.3 Å². The fraction of sp³-hybridized carbons (Fsp3) is 0.455. The number of rotatable bonds is 16. The zero-order valence-corrected chi connectivity index (χ0v) is 27.3. The van der Waals surface area contributed by atoms with Crippen LogP contribution in [0.5, 0.6) is 0 Å². The van der Waals surface area contributed by atoms with Crippen LogP contribution in [0, 0.1) is 0 Å². The van der Waals surface area contributed by atoms with Crippen LogP contribution in [0.25, 0.3) is 23.1 Å². The van der Waals surface area contributed by atoms with Crippen LogP contribution in [0.1, 0.15) is 69.1 Å². The Hall–Kier alpha value is -2.51. The summed E-state index contributed by atoms with van der Waals surface area (Å²) < 4.78 is 26.0. The molecule has 0 radical (unpaired) electrons. The van der Waals surface area contributed by atoms with Gasteiger partial charge in [0.15, 0.2) is 6.20 Å². The van der Waals surface area contributed by atoms with E-state index < -0.39 is 13.6 Å². The van der Waals surface area contributed by atoms with Crippen LogP contribution in [0.3, 0.4) is 0 Å². The van der Waals surface area contributed by atoms with Crippen molar-refractivity contribution in [3.05, 3.63) is 71.4 Å². The first-order valence-corrected chi connectivity index (χ1v) is 16.7. The Morgan fingerprint density at radius 1 is 1.02 bits per heavy atom. The van der Waals surface area contributed by atoms with Crippen LogP contribution in [0.4, 0.5) is 5.69 Å². The van der Waals surface area contributed by atoms with Gasteiger partial charge in [0, 0.05) is 43.8 Å². The minimum Gasteiger partial charge on any atom is -1.00 e. The fourth-order valence-electron chi connectivity index (χ4n) is 5.62. The molecule has 3 aromatic rings. The Morgan fingerprint density at radius 3 is 2.57 bits per heavy atom. The van der Waals surface area contributed by atoms with Gasteiger partial charge in [-0.05, 0) is 74.4 Å². The number of aromatic nitrogens is 1. The molecular weight excluding hydrogens is 615 g/mol. The van der Waals surface area contributed by atoms with Gasteiger partial charge in [-0.3, -0.25) is 9.36 Å². The van der Waals surface area contributed by atoms with E-state index in [2.05, 4.69) is 76.3 Å². The summed E-state index contributed by atoms with van der Waals surface area (Å²) >= 11 is 0. The van der Waals surface area contributed by atoms with Gasteiger partial charge in [0.25, 0.3) is 0 Å². The molecule has 0 aliphatic carbocycles. The monoisotopic (exact) mass is 658 g/mol. The second kappa shape index (κ2) is 17.0. The maximum Gasteiger partial charge on any atom is 0.330 e. The quantitative estimate of drug-likeness (QED) is 0.140. The summed E-state index contributed by atoms with van der Waals surface area (Å²) in [6.07, 6.45) is 12.8. The minimum atomic E-state index is -3.04. The predicted molar refractivity (Wildman–Crippen MR) is 166 cm³/mol. The van der Waals surface area contributed by atoms with E-state index in [1.54, 1.807) is 0 Å². The van der Waals surface area contributed by atoms with Crippen molar-refractivity contribution in [3.63, 3.8) is 0 Å². The van der Waals surface area contributed by atoms with Crippen LogP contribution >= 0.6 is 7.60 Å². The van der Waals surface area contributed by atoms with Gasteiger partial charge in [-0.2, -0.15) is 4.57 Å². The number of para-hydroxylation sites is 1. The molecule has 7 nitrogen and oxygen atoms in total. The number of hydrogen-bond donors (Lipinski definition) is 1. The van der Waals surface area contributed by atoms with Gasteiger partial charge in [-0.25, -0.2) is 0 Å². The first-order valence-electron chi connectivity index (χ1n) is 15.0. The summed E-state index contributed by atoms with van der Waals surface area (Å²) in [6, 6.07) is 17.3. The van der Waals surface area contributed by atoms with E-state index in [4.69, 9.17) is 14.2 Å². The maximum atomic E-state index is 12.9. The SMILES string of the molecule is CCOP(=O)(CCC[n+]1ccc(C=Cc2ccc3c(c2)CCCN3CCCCCC(=O)O)c2ccccc21)OCC.[Br-]. The molecule has 1 aliphatic rings. The number of benzene rings is 2. The Balaban J connectivity index is 0.00000484. The lowest BCUT2D eigenvalue weighted by Gasteiger charge is -2.31. The molecular formula is C33H44BrN2O5P. The molecule has 4 rings (SSSR count). The zero-order valence-electron chi connectivity index (χ0n) is 24.8. The Labute approximate surface area is 260 Å². The highest BCUT2D eigenvalue weighted by atomic mass is 79.9. The lowest BCUT2D eigenvalue weighted by molar-refractivity contribution is -0.671. The van der Waals surface area contributed by atoms with Crippen LogP contribution in [-0.4, -0.2) is 43.5 Å². The fourth-order valence-corrected chi connectivity index (χ4v) is 7.26. The topological polar surface area (TPSA) is 80.0 Å². The molecule has 0 unspecified atom stereocenters. The minimum absolute atomic E-state index is 0. The first-order chi connectivity index (χ1) is 19.9. The summed E-state index contributed by atoms with van der Waals surface area (Å²) in [7, 11) is -3.04. The number of fused-ring (bicyclic) bond motifs is 2. The van der Waals surface area contributed by atoms with Crippen molar-refractivity contribution in [1.29, 1.82) is 0 Å². The van der Waals surface area contributed by atoms with E-state index in [9.17, 15) is 9.36 Å². The molecule has 2 aromatic carbocycles. The molecule has 1 aromatic heterocycles. The smallest absolute Gasteiger partial charge is 0.330 e. The molecule has 0 atom stereocenters. The van der Waals surface area contributed by atoms with Gasteiger partial charge in [0.2, 0.25) is 5.52 Å². The summed E-state index contributed by atoms with van der Waals surface area (Å²) in [6.45, 7) is 7.22. The van der Waals surface area contributed by atoms with Crippen LogP contribution in [0.15, 0.2) is 54.7 Å². The molecule has 0 saturated carbocycles. The second-order valence-electron chi connectivity index (χ2n) is 10.5. The number of carboxylic acids is 1. The number of anilines is 1. The van der Waals surface area contributed by atoms with Crippen molar-refractivity contribution in [3.8, 4) is 0 Å². The van der Waals surface area contributed by atoms with Crippen LogP contribution in [0.2, 0.25) is 0 Å². The molecule has 1 aliphatic heterocycles. The third-order valence-electron chi connectivity index (χ3n) is 7.53. The molecule has 2 heterocycles. The number of aryl methyl sites for hydroxylation is 2. The Bertz CT molecular complexity index is 1390. The highest BCUT2D eigenvalue weighted by Crippen LogP contribution is 2.48. The van der Waals surface area contributed by atoms with E-state index in [0.29, 0.717) is 25.8 Å². The Kier molecular flexibility index (Phi) is 13.7. The summed E-state index contributed by atoms with van der Waals surface area (Å²) in [5.74, 6) is -0.708. The van der Waals surface area contributed by atoms with E-state index in [-0.39, 0.29) is 23.4 Å². The highest BCUT2D eigenvalue weighted by Gasteiger charge is 2.24. The molecule has 228 valence electrons. The van der Waals surface area contributed by atoms with Crippen molar-refractivity contribution in [2.75, 3.05) is 37.4 Å². The zero-order chi connectivity index (χ0) is 29.1. The number of pyridine rings is 1. The Morgan fingerprint density at radius 2 is 1.81 bits per heavy atom. The standard InChI is InChI=1S/C33H43N2O5P.BrH/c1-3-39-41(38,40-4-2)25-11-23-35-24-20-28(30-13-7-8-14-32(30)35)18-16-27-17-19-31-29(26-27)12-10-22-34(31)21-9-5-6-15-33(36)37;/h7-8,13-14,16-20,24,26H,3-6,9-12,15,21-23,25H2,1-2H3;1H. The molecule has 1 N–H and O–H groups in total.